The van der Waals surface area contributed by atoms with Gasteiger partial charge in [0.25, 0.3) is 0 Å². The van der Waals surface area contributed by atoms with Crippen LogP contribution in [0.25, 0.3) is 10.9 Å². The van der Waals surface area contributed by atoms with Gasteiger partial charge in [0.15, 0.2) is 0 Å². The van der Waals surface area contributed by atoms with Gasteiger partial charge >= 0.3 is 0 Å². The minimum absolute atomic E-state index is 0.444. The summed E-state index contributed by atoms with van der Waals surface area (Å²) in [5, 5.41) is 1.60. The van der Waals surface area contributed by atoms with Crippen LogP contribution in [0.1, 0.15) is 12.8 Å². The van der Waals surface area contributed by atoms with E-state index in [0.29, 0.717) is 23.2 Å². The molecule has 1 aromatic heterocycles. The van der Waals surface area contributed by atoms with E-state index in [1.54, 1.807) is 7.11 Å². The number of fused-ring (bicyclic) bond motifs is 1. The van der Waals surface area contributed by atoms with Gasteiger partial charge in [-0.3, -0.25) is 4.98 Å². The number of piperidine rings is 1. The first kappa shape index (κ1) is 18.2. The minimum atomic E-state index is -2.63. The van der Waals surface area contributed by atoms with Gasteiger partial charge in [0, 0.05) is 49.2 Å². The van der Waals surface area contributed by atoms with E-state index in [4.69, 9.17) is 21.1 Å². The zero-order valence-electron chi connectivity index (χ0n) is 14.4. The maximum Gasteiger partial charge on any atom is 0.139 e. The molecule has 136 valence electrons. The zero-order valence-corrected chi connectivity index (χ0v) is 16.0. The number of nitrogens with one attached hydrogen (secondary N) is 2. The van der Waals surface area contributed by atoms with Crippen LogP contribution in [0.5, 0.6) is 5.75 Å². The monoisotopic (exact) mass is 382 g/mol. The molecule has 2 N–H and O–H groups in total. The van der Waals surface area contributed by atoms with Gasteiger partial charge in [-0.25, -0.2) is 13.7 Å². The highest BCUT2D eigenvalue weighted by atomic mass is 35.5. The van der Waals surface area contributed by atoms with E-state index in [-0.39, 0.29) is 0 Å². The first-order valence-electron chi connectivity index (χ1n) is 8.23. The maximum atomic E-state index is 11.5. The van der Waals surface area contributed by atoms with Gasteiger partial charge in [-0.2, -0.15) is 0 Å². The Morgan fingerprint density at radius 1 is 1.44 bits per heavy atom. The largest absolute Gasteiger partial charge is 0.495 e. The molecule has 6 nitrogen and oxygen atoms in total. The zero-order chi connectivity index (χ0) is 18.0. The molecule has 1 aliphatic heterocycles. The number of hydrogen-bond donors (Lipinski definition) is 2. The number of benzene rings is 1. The molecule has 1 aliphatic rings. The van der Waals surface area contributed by atoms with Gasteiger partial charge in [-0.05, 0) is 30.9 Å². The second kappa shape index (κ2) is 7.35. The lowest BCUT2D eigenvalue weighted by Crippen LogP contribution is -2.38. The number of rotatable bonds is 5. The van der Waals surface area contributed by atoms with Crippen LogP contribution in [-0.4, -0.2) is 42.2 Å². The van der Waals surface area contributed by atoms with Crippen LogP contribution >= 0.6 is 11.6 Å². The average molecular weight is 383 g/mol. The standard InChI is InChI=1S/C17H23ClN4O2S/c1-24-17-10-15-13(9-14(17)18)16(3-6-20-15)22-7-4-12(5-8-22)11-21-25(2,19)23/h3,6,9-10,12H,4-5,7-8,11H2,1-2H3,(H2,19,21,23). The highest BCUT2D eigenvalue weighted by Crippen LogP contribution is 2.35. The summed E-state index contributed by atoms with van der Waals surface area (Å²) < 4.78 is 27.0. The van der Waals surface area contributed by atoms with E-state index in [1.807, 2.05) is 24.4 Å². The average Bonchev–Trinajstić information content (AvgIpc) is 2.59. The molecule has 1 aromatic carbocycles. The predicted octanol–water partition coefficient (Wildman–Crippen LogP) is 3.29. The molecule has 0 spiro atoms. The minimum Gasteiger partial charge on any atom is -0.495 e. The van der Waals surface area contributed by atoms with Gasteiger partial charge in [0.1, 0.15) is 15.7 Å². The number of nitrogens with zero attached hydrogens (tertiary/aromatic N) is 2. The number of ether oxygens (including phenoxy) is 1. The van der Waals surface area contributed by atoms with E-state index in [1.165, 1.54) is 6.26 Å². The highest BCUT2D eigenvalue weighted by molar-refractivity contribution is 7.89. The van der Waals surface area contributed by atoms with Crippen molar-refractivity contribution in [2.75, 3.05) is 37.9 Å². The third kappa shape index (κ3) is 4.34. The Labute approximate surface area is 153 Å². The van der Waals surface area contributed by atoms with Crippen molar-refractivity contribution in [1.82, 2.24) is 9.71 Å². The summed E-state index contributed by atoms with van der Waals surface area (Å²) in [7, 11) is -1.03. The molecule has 0 aliphatic carbocycles. The molecular formula is C17H23ClN4O2S. The van der Waals surface area contributed by atoms with Crippen molar-refractivity contribution >= 4 is 38.1 Å². The number of pyridine rings is 1. The summed E-state index contributed by atoms with van der Waals surface area (Å²) in [6.07, 6.45) is 5.22. The van der Waals surface area contributed by atoms with Crippen molar-refractivity contribution in [1.29, 1.82) is 4.78 Å². The number of halogens is 1. The molecule has 1 unspecified atom stereocenters. The van der Waals surface area contributed by atoms with Crippen molar-refractivity contribution in [3.05, 3.63) is 29.4 Å². The normalized spacial score (nSPS) is 18.3. The summed E-state index contributed by atoms with van der Waals surface area (Å²) in [4.78, 5) is 6.77. The van der Waals surface area contributed by atoms with Crippen molar-refractivity contribution in [3.8, 4) is 5.75 Å². The molecule has 1 atom stereocenters. The number of hydrogen-bond acceptors (Lipinski definition) is 5. The van der Waals surface area contributed by atoms with E-state index in [9.17, 15) is 4.21 Å². The fraction of sp³-hybridized carbons (Fsp3) is 0.471. The molecule has 3 rings (SSSR count). The lowest BCUT2D eigenvalue weighted by atomic mass is 9.96. The van der Waals surface area contributed by atoms with E-state index in [2.05, 4.69) is 14.6 Å². The van der Waals surface area contributed by atoms with Crippen molar-refractivity contribution < 1.29 is 8.95 Å². The van der Waals surface area contributed by atoms with Gasteiger partial charge in [0.2, 0.25) is 0 Å². The highest BCUT2D eigenvalue weighted by Gasteiger charge is 2.21. The fourth-order valence-electron chi connectivity index (χ4n) is 3.22. The molecule has 8 heteroatoms. The first-order chi connectivity index (χ1) is 11.9. The Morgan fingerprint density at radius 3 is 2.80 bits per heavy atom. The molecule has 1 saturated heterocycles. The van der Waals surface area contributed by atoms with Crippen molar-refractivity contribution in [2.45, 2.75) is 12.8 Å². The summed E-state index contributed by atoms with van der Waals surface area (Å²) in [5.41, 5.74) is 1.99. The number of methoxy groups -OCH3 is 1. The molecule has 2 heterocycles. The lowest BCUT2D eigenvalue weighted by molar-refractivity contribution is 0.405. The van der Waals surface area contributed by atoms with Crippen molar-refractivity contribution in [3.63, 3.8) is 0 Å². The summed E-state index contributed by atoms with van der Waals surface area (Å²) in [5.74, 6) is 1.07. The van der Waals surface area contributed by atoms with Gasteiger partial charge in [-0.1, -0.05) is 11.6 Å². The summed E-state index contributed by atoms with van der Waals surface area (Å²) in [6, 6.07) is 5.80. The third-order valence-corrected chi connectivity index (χ3v) is 5.61. The van der Waals surface area contributed by atoms with Crippen LogP contribution < -0.4 is 14.4 Å². The first-order valence-corrected chi connectivity index (χ1v) is 10.6. The molecule has 1 fully saturated rings. The summed E-state index contributed by atoms with van der Waals surface area (Å²) >= 11 is 6.30. The molecular weight excluding hydrogens is 360 g/mol. The van der Waals surface area contributed by atoms with E-state index < -0.39 is 9.92 Å². The molecule has 25 heavy (non-hydrogen) atoms. The summed E-state index contributed by atoms with van der Waals surface area (Å²) in [6.45, 7) is 2.46. The fourth-order valence-corrected chi connectivity index (χ4v) is 4.01. The van der Waals surface area contributed by atoms with Crippen LogP contribution in [0.3, 0.4) is 0 Å². The van der Waals surface area contributed by atoms with Gasteiger partial charge in [-0.15, -0.1) is 0 Å². The maximum absolute atomic E-state index is 11.5. The second-order valence-corrected chi connectivity index (χ2v) is 8.84. The molecule has 0 radical (unpaired) electrons. The quantitative estimate of drug-likeness (QED) is 0.831. The molecule has 0 saturated carbocycles. The van der Waals surface area contributed by atoms with Crippen LogP contribution in [0.2, 0.25) is 5.02 Å². The number of aromatic nitrogens is 1. The van der Waals surface area contributed by atoms with E-state index in [0.717, 1.165) is 42.5 Å². The van der Waals surface area contributed by atoms with Gasteiger partial charge < -0.3 is 9.64 Å². The van der Waals surface area contributed by atoms with Gasteiger partial charge in [0.05, 0.1) is 17.6 Å². The topological polar surface area (TPSA) is 78.3 Å². The second-order valence-electron chi connectivity index (χ2n) is 6.46. The Morgan fingerprint density at radius 2 is 2.16 bits per heavy atom. The van der Waals surface area contributed by atoms with Crippen LogP contribution in [0, 0.1) is 10.7 Å². The number of anilines is 1. The Hall–Kier alpha value is -1.57. The van der Waals surface area contributed by atoms with Crippen LogP contribution in [0.15, 0.2) is 24.4 Å². The van der Waals surface area contributed by atoms with Crippen LogP contribution in [0.4, 0.5) is 5.69 Å². The SMILES string of the molecule is COc1cc2nccc(N3CCC(CNS(C)(=N)=O)CC3)c2cc1Cl. The van der Waals surface area contributed by atoms with Crippen LogP contribution in [-0.2, 0) is 9.92 Å². The van der Waals surface area contributed by atoms with E-state index >= 15 is 0 Å². The smallest absolute Gasteiger partial charge is 0.139 e. The Kier molecular flexibility index (Phi) is 5.36. The molecule has 2 aromatic rings. The lowest BCUT2D eigenvalue weighted by Gasteiger charge is -2.34. The third-order valence-electron chi connectivity index (χ3n) is 4.59. The molecule has 0 amide bonds. The van der Waals surface area contributed by atoms with Crippen molar-refractivity contribution in [2.24, 2.45) is 5.92 Å². The Balaban J connectivity index is 1.76. The molecule has 0 bridgehead atoms. The predicted molar refractivity (Wildman–Crippen MR) is 103 cm³/mol. The Bertz CT molecular complexity index is 864.